The molecule has 0 aliphatic heterocycles. The van der Waals surface area contributed by atoms with Crippen molar-refractivity contribution in [3.05, 3.63) is 85.1 Å². The molecule has 4 aromatic rings. The summed E-state index contributed by atoms with van der Waals surface area (Å²) in [5.74, 6) is 6.40. The van der Waals surface area contributed by atoms with Crippen molar-refractivity contribution in [3.8, 4) is 22.5 Å². The maximum Gasteiger partial charge on any atom is 0.310 e. The number of imidazole rings is 1. The Balaban J connectivity index is 0.00000156. The van der Waals surface area contributed by atoms with E-state index in [0.717, 1.165) is 28.2 Å². The van der Waals surface area contributed by atoms with Crippen molar-refractivity contribution < 1.29 is 21.4 Å². The van der Waals surface area contributed by atoms with Gasteiger partial charge in [0, 0.05) is 17.2 Å². The van der Waals surface area contributed by atoms with Gasteiger partial charge >= 0.3 is 5.65 Å². The van der Waals surface area contributed by atoms with Crippen LogP contribution in [0.15, 0.2) is 85.1 Å². The molecule has 0 fully saturated rings. The van der Waals surface area contributed by atoms with Gasteiger partial charge in [0.1, 0.15) is 0 Å². The molecular weight excluding hydrogens is 350 g/mol. The Morgan fingerprint density at radius 1 is 0.696 bits per heavy atom. The highest BCUT2D eigenvalue weighted by Crippen LogP contribution is 2.30. The number of rotatable bonds is 2. The fourth-order valence-corrected chi connectivity index (χ4v) is 2.91. The number of aromatic nitrogens is 2. The lowest BCUT2D eigenvalue weighted by Crippen LogP contribution is -3.00. The number of benzene rings is 2. The molecule has 0 aliphatic carbocycles. The molecule has 0 unspecified atom stereocenters. The number of pyridine rings is 1. The molecular formula is C19H16BrN3. The van der Waals surface area contributed by atoms with Gasteiger partial charge in [0.25, 0.3) is 0 Å². The first-order valence-corrected chi connectivity index (χ1v) is 7.27. The van der Waals surface area contributed by atoms with E-state index in [1.54, 1.807) is 4.68 Å². The molecule has 0 saturated carbocycles. The summed E-state index contributed by atoms with van der Waals surface area (Å²) in [7, 11) is 0. The third kappa shape index (κ3) is 2.51. The molecule has 2 heterocycles. The van der Waals surface area contributed by atoms with E-state index in [0.29, 0.717) is 0 Å². The standard InChI is InChI=1S/C19H16N3.BrH/c20-22-17-13-7-8-14-21(17)18(15-9-3-1-4-10-15)19(22)16-11-5-2-6-12-16;/h1-14H,20H2;1H/q+1;/p-1. The molecule has 2 aromatic heterocycles. The summed E-state index contributed by atoms with van der Waals surface area (Å²) in [6, 6.07) is 26.7. The van der Waals surface area contributed by atoms with Crippen molar-refractivity contribution in [2.45, 2.75) is 0 Å². The Labute approximate surface area is 145 Å². The number of hydrogen-bond donors (Lipinski definition) is 1. The van der Waals surface area contributed by atoms with E-state index in [9.17, 15) is 0 Å². The van der Waals surface area contributed by atoms with Gasteiger partial charge in [-0.15, -0.1) is 4.68 Å². The van der Waals surface area contributed by atoms with Crippen molar-refractivity contribution in [3.63, 3.8) is 0 Å². The number of halogens is 1. The minimum atomic E-state index is 0. The molecule has 0 aliphatic rings. The van der Waals surface area contributed by atoms with E-state index in [4.69, 9.17) is 5.84 Å². The van der Waals surface area contributed by atoms with Crippen LogP contribution in [0.25, 0.3) is 28.2 Å². The van der Waals surface area contributed by atoms with E-state index in [1.165, 1.54) is 0 Å². The van der Waals surface area contributed by atoms with E-state index >= 15 is 0 Å². The first-order valence-electron chi connectivity index (χ1n) is 7.27. The van der Waals surface area contributed by atoms with Gasteiger partial charge in [-0.2, -0.15) is 4.40 Å². The topological polar surface area (TPSA) is 35.0 Å². The quantitative estimate of drug-likeness (QED) is 0.402. The average molecular weight is 366 g/mol. The smallest absolute Gasteiger partial charge is 0.310 e. The van der Waals surface area contributed by atoms with Crippen LogP contribution in [0, 0.1) is 0 Å². The van der Waals surface area contributed by atoms with Crippen molar-refractivity contribution in [2.75, 3.05) is 5.84 Å². The molecule has 4 heteroatoms. The molecule has 0 bridgehead atoms. The van der Waals surface area contributed by atoms with Crippen molar-refractivity contribution in [2.24, 2.45) is 0 Å². The number of nitrogens with zero attached hydrogens (tertiary/aromatic N) is 2. The van der Waals surface area contributed by atoms with Crippen LogP contribution in [0.5, 0.6) is 0 Å². The molecule has 0 atom stereocenters. The van der Waals surface area contributed by atoms with Crippen LogP contribution in [-0.4, -0.2) is 4.68 Å². The van der Waals surface area contributed by atoms with Crippen LogP contribution in [0.3, 0.4) is 0 Å². The maximum absolute atomic E-state index is 6.40. The lowest BCUT2D eigenvalue weighted by molar-refractivity contribution is -0.498. The Kier molecular flexibility index (Phi) is 4.17. The van der Waals surface area contributed by atoms with Gasteiger partial charge in [0.05, 0.1) is 6.20 Å². The zero-order chi connectivity index (χ0) is 14.9. The van der Waals surface area contributed by atoms with Gasteiger partial charge in [-0.1, -0.05) is 66.7 Å². The monoisotopic (exact) mass is 365 g/mol. The van der Waals surface area contributed by atoms with Crippen LogP contribution in [0.4, 0.5) is 0 Å². The highest BCUT2D eigenvalue weighted by atomic mass is 79.9. The highest BCUT2D eigenvalue weighted by molar-refractivity contribution is 5.78. The van der Waals surface area contributed by atoms with Crippen molar-refractivity contribution in [1.82, 2.24) is 4.68 Å². The zero-order valence-corrected chi connectivity index (χ0v) is 14.0. The van der Waals surface area contributed by atoms with E-state index < -0.39 is 0 Å². The molecule has 0 saturated heterocycles. The van der Waals surface area contributed by atoms with Crippen LogP contribution in [0.2, 0.25) is 0 Å². The van der Waals surface area contributed by atoms with Crippen LogP contribution < -0.4 is 27.2 Å². The van der Waals surface area contributed by atoms with Gasteiger partial charge in [0.2, 0.25) is 5.69 Å². The third-order valence-electron chi connectivity index (χ3n) is 3.89. The Bertz CT molecular complexity index is 931. The lowest BCUT2D eigenvalue weighted by Gasteiger charge is -2.01. The second-order valence-electron chi connectivity index (χ2n) is 5.23. The fourth-order valence-electron chi connectivity index (χ4n) is 2.91. The van der Waals surface area contributed by atoms with Gasteiger partial charge in [-0.05, 0) is 6.07 Å². The highest BCUT2D eigenvalue weighted by Gasteiger charge is 2.26. The second kappa shape index (κ2) is 6.26. The first kappa shape index (κ1) is 15.3. The summed E-state index contributed by atoms with van der Waals surface area (Å²) in [6.45, 7) is 0. The van der Waals surface area contributed by atoms with Gasteiger partial charge in [-0.3, -0.25) is 5.84 Å². The molecule has 23 heavy (non-hydrogen) atoms. The Morgan fingerprint density at radius 2 is 1.26 bits per heavy atom. The molecule has 114 valence electrons. The normalized spacial score (nSPS) is 10.4. The molecule has 0 radical (unpaired) electrons. The molecule has 4 rings (SSSR count). The Morgan fingerprint density at radius 3 is 1.91 bits per heavy atom. The number of nitrogens with two attached hydrogens (primary N) is 1. The van der Waals surface area contributed by atoms with Gasteiger partial charge in [0.15, 0.2) is 5.69 Å². The lowest BCUT2D eigenvalue weighted by atomic mass is 10.0. The van der Waals surface area contributed by atoms with Gasteiger partial charge < -0.3 is 17.0 Å². The summed E-state index contributed by atoms with van der Waals surface area (Å²) < 4.78 is 3.90. The summed E-state index contributed by atoms with van der Waals surface area (Å²) in [5, 5.41) is 0. The van der Waals surface area contributed by atoms with E-state index in [1.807, 2.05) is 60.8 Å². The summed E-state index contributed by atoms with van der Waals surface area (Å²) >= 11 is 0. The SMILES string of the molecule is Nn1c(-c2ccccc2)c(-c2ccccc2)[n+]2ccccc12.[Br-]. The Hall–Kier alpha value is -2.59. The van der Waals surface area contributed by atoms with Gasteiger partial charge in [-0.25, -0.2) is 0 Å². The predicted molar refractivity (Wildman–Crippen MR) is 88.6 cm³/mol. The summed E-state index contributed by atoms with van der Waals surface area (Å²) in [6.07, 6.45) is 2.05. The van der Waals surface area contributed by atoms with Crippen molar-refractivity contribution >= 4 is 5.65 Å². The molecule has 3 nitrogen and oxygen atoms in total. The summed E-state index contributed by atoms with van der Waals surface area (Å²) in [4.78, 5) is 0. The van der Waals surface area contributed by atoms with E-state index in [-0.39, 0.29) is 17.0 Å². The molecule has 0 spiro atoms. The van der Waals surface area contributed by atoms with Crippen LogP contribution >= 0.6 is 0 Å². The second-order valence-corrected chi connectivity index (χ2v) is 5.23. The number of nitrogen functional groups attached to an aromatic ring is 1. The summed E-state index contributed by atoms with van der Waals surface area (Å²) in [5.41, 5.74) is 5.32. The fraction of sp³-hybridized carbons (Fsp3) is 0. The third-order valence-corrected chi connectivity index (χ3v) is 3.89. The van der Waals surface area contributed by atoms with Crippen LogP contribution in [0.1, 0.15) is 0 Å². The maximum atomic E-state index is 6.40. The molecule has 2 N–H and O–H groups in total. The predicted octanol–water partition coefficient (Wildman–Crippen LogP) is 0.279. The minimum Gasteiger partial charge on any atom is -1.00 e. The average Bonchev–Trinajstić information content (AvgIpc) is 2.90. The van der Waals surface area contributed by atoms with Crippen LogP contribution in [-0.2, 0) is 0 Å². The number of hydrogen-bond acceptors (Lipinski definition) is 1. The first-order chi connectivity index (χ1) is 10.9. The minimum absolute atomic E-state index is 0. The molecule has 2 aromatic carbocycles. The van der Waals surface area contributed by atoms with Crippen molar-refractivity contribution in [1.29, 1.82) is 0 Å². The zero-order valence-electron chi connectivity index (χ0n) is 12.4. The largest absolute Gasteiger partial charge is 1.00 e. The number of fused-ring (bicyclic) bond motifs is 1. The molecule has 0 amide bonds. The van der Waals surface area contributed by atoms with E-state index in [2.05, 4.69) is 28.7 Å².